The highest BCUT2D eigenvalue weighted by Gasteiger charge is 2.12. The van der Waals surface area contributed by atoms with Gasteiger partial charge in [-0.3, -0.25) is 4.98 Å². The summed E-state index contributed by atoms with van der Waals surface area (Å²) in [5.74, 6) is 0.946. The first-order valence-electron chi connectivity index (χ1n) is 7.22. The number of aryl methyl sites for hydroxylation is 1. The van der Waals surface area contributed by atoms with Crippen LogP contribution in [0.25, 0.3) is 22.4 Å². The monoisotopic (exact) mass is 282 g/mol. The van der Waals surface area contributed by atoms with Gasteiger partial charge in [0.25, 0.3) is 0 Å². The molecule has 0 amide bonds. The van der Waals surface area contributed by atoms with Gasteiger partial charge in [-0.15, -0.1) is 0 Å². The van der Waals surface area contributed by atoms with E-state index in [1.807, 2.05) is 24.3 Å². The number of aromatic nitrogens is 4. The summed E-state index contributed by atoms with van der Waals surface area (Å²) in [4.78, 5) is 16.6. The van der Waals surface area contributed by atoms with Gasteiger partial charge in [0, 0.05) is 18.2 Å². The lowest BCUT2D eigenvalue weighted by Gasteiger charge is -2.05. The molecule has 3 heterocycles. The minimum atomic E-state index is -0.126. The highest BCUT2D eigenvalue weighted by atomic mass is 16.3. The van der Waals surface area contributed by atoms with E-state index in [0.29, 0.717) is 11.3 Å². The van der Waals surface area contributed by atoms with Crippen LogP contribution in [0.5, 0.6) is 0 Å². The number of aliphatic hydroxyl groups excluding tert-OH is 1. The Kier molecular flexibility index (Phi) is 3.92. The first kappa shape index (κ1) is 13.7. The molecule has 0 spiro atoms. The third kappa shape index (κ3) is 2.78. The van der Waals surface area contributed by atoms with Gasteiger partial charge in [-0.1, -0.05) is 19.4 Å². The maximum atomic E-state index is 9.56. The van der Waals surface area contributed by atoms with E-state index in [4.69, 9.17) is 0 Å². The molecule has 2 N–H and O–H groups in total. The number of hydrogen-bond acceptors (Lipinski definition) is 4. The molecule has 3 aromatic rings. The Morgan fingerprint density at radius 2 is 2.14 bits per heavy atom. The van der Waals surface area contributed by atoms with Crippen LogP contribution in [0.1, 0.15) is 31.3 Å². The number of H-pyrrole nitrogens is 1. The van der Waals surface area contributed by atoms with Crippen LogP contribution < -0.4 is 0 Å². The third-order valence-electron chi connectivity index (χ3n) is 3.46. The van der Waals surface area contributed by atoms with E-state index < -0.39 is 0 Å². The quantitative estimate of drug-likeness (QED) is 0.754. The molecule has 5 nitrogen and oxygen atoms in total. The lowest BCUT2D eigenvalue weighted by atomic mass is 10.1. The van der Waals surface area contributed by atoms with Crippen LogP contribution in [0.2, 0.25) is 0 Å². The summed E-state index contributed by atoms with van der Waals surface area (Å²) < 4.78 is 0. The van der Waals surface area contributed by atoms with Crippen LogP contribution in [0.3, 0.4) is 0 Å². The average molecular weight is 282 g/mol. The SMILES string of the molecule is CCCCc1nc2nc(CO)c(-c3ccccn3)cc2[nH]1. The summed E-state index contributed by atoms with van der Waals surface area (Å²) in [6.07, 6.45) is 4.88. The zero-order valence-corrected chi connectivity index (χ0v) is 12.0. The third-order valence-corrected chi connectivity index (χ3v) is 3.46. The molecule has 0 bridgehead atoms. The van der Waals surface area contributed by atoms with E-state index in [9.17, 15) is 5.11 Å². The second-order valence-electron chi connectivity index (χ2n) is 5.01. The first-order chi connectivity index (χ1) is 10.3. The number of pyridine rings is 2. The molecular formula is C16H18N4O. The summed E-state index contributed by atoms with van der Waals surface area (Å²) in [6, 6.07) is 7.68. The zero-order chi connectivity index (χ0) is 14.7. The Hall–Kier alpha value is -2.27. The summed E-state index contributed by atoms with van der Waals surface area (Å²) in [7, 11) is 0. The summed E-state index contributed by atoms with van der Waals surface area (Å²) in [6.45, 7) is 2.03. The number of unbranched alkanes of at least 4 members (excludes halogenated alkanes) is 1. The van der Waals surface area contributed by atoms with Crippen molar-refractivity contribution in [1.29, 1.82) is 0 Å². The second-order valence-corrected chi connectivity index (χ2v) is 5.01. The van der Waals surface area contributed by atoms with Gasteiger partial charge in [0.05, 0.1) is 23.5 Å². The molecule has 0 unspecified atom stereocenters. The van der Waals surface area contributed by atoms with Crippen molar-refractivity contribution >= 4 is 11.2 Å². The number of fused-ring (bicyclic) bond motifs is 1. The maximum Gasteiger partial charge on any atom is 0.178 e. The number of imidazole rings is 1. The van der Waals surface area contributed by atoms with Gasteiger partial charge < -0.3 is 10.1 Å². The Bertz CT molecular complexity index is 737. The number of aromatic amines is 1. The predicted octanol–water partition coefficient (Wildman–Crippen LogP) is 2.85. The van der Waals surface area contributed by atoms with Crippen molar-refractivity contribution in [3.05, 3.63) is 42.0 Å². The number of rotatable bonds is 5. The van der Waals surface area contributed by atoms with Crippen molar-refractivity contribution in [3.8, 4) is 11.3 Å². The fraction of sp³-hybridized carbons (Fsp3) is 0.312. The fourth-order valence-electron chi connectivity index (χ4n) is 2.36. The number of hydrogen-bond donors (Lipinski definition) is 2. The number of aliphatic hydroxyl groups is 1. The summed E-state index contributed by atoms with van der Waals surface area (Å²) >= 11 is 0. The highest BCUT2D eigenvalue weighted by molar-refractivity contribution is 5.78. The van der Waals surface area contributed by atoms with E-state index in [1.54, 1.807) is 6.20 Å². The average Bonchev–Trinajstić information content (AvgIpc) is 2.94. The van der Waals surface area contributed by atoms with Crippen molar-refractivity contribution < 1.29 is 5.11 Å². The zero-order valence-electron chi connectivity index (χ0n) is 12.0. The molecule has 0 aliphatic heterocycles. The molecule has 0 aliphatic carbocycles. The summed E-state index contributed by atoms with van der Waals surface area (Å²) in [5.41, 5.74) is 3.80. The summed E-state index contributed by atoms with van der Waals surface area (Å²) in [5, 5.41) is 9.56. The Morgan fingerprint density at radius 1 is 1.24 bits per heavy atom. The van der Waals surface area contributed by atoms with Gasteiger partial charge in [-0.05, 0) is 24.6 Å². The molecule has 5 heteroatoms. The predicted molar refractivity (Wildman–Crippen MR) is 81.7 cm³/mol. The normalized spacial score (nSPS) is 11.1. The van der Waals surface area contributed by atoms with Crippen molar-refractivity contribution in [2.75, 3.05) is 0 Å². The van der Waals surface area contributed by atoms with E-state index in [-0.39, 0.29) is 6.61 Å². The van der Waals surface area contributed by atoms with Crippen LogP contribution in [0.15, 0.2) is 30.5 Å². The van der Waals surface area contributed by atoms with E-state index >= 15 is 0 Å². The topological polar surface area (TPSA) is 74.7 Å². The molecule has 108 valence electrons. The molecule has 0 saturated heterocycles. The van der Waals surface area contributed by atoms with Crippen LogP contribution in [0, 0.1) is 0 Å². The Labute approximate surface area is 123 Å². The van der Waals surface area contributed by atoms with Crippen LogP contribution >= 0.6 is 0 Å². The van der Waals surface area contributed by atoms with Gasteiger partial charge >= 0.3 is 0 Å². The van der Waals surface area contributed by atoms with Crippen molar-refractivity contribution in [3.63, 3.8) is 0 Å². The molecule has 0 fully saturated rings. The molecule has 0 atom stereocenters. The van der Waals surface area contributed by atoms with Crippen molar-refractivity contribution in [2.45, 2.75) is 32.8 Å². The van der Waals surface area contributed by atoms with E-state index in [2.05, 4.69) is 26.9 Å². The van der Waals surface area contributed by atoms with Gasteiger partial charge in [-0.2, -0.15) is 0 Å². The Morgan fingerprint density at radius 3 is 2.86 bits per heavy atom. The van der Waals surface area contributed by atoms with Crippen LogP contribution in [-0.2, 0) is 13.0 Å². The van der Waals surface area contributed by atoms with Gasteiger partial charge in [0.15, 0.2) is 5.65 Å². The van der Waals surface area contributed by atoms with Crippen LogP contribution in [0.4, 0.5) is 0 Å². The minimum absolute atomic E-state index is 0.126. The lowest BCUT2D eigenvalue weighted by Crippen LogP contribution is -1.96. The van der Waals surface area contributed by atoms with Crippen molar-refractivity contribution in [1.82, 2.24) is 19.9 Å². The molecular weight excluding hydrogens is 264 g/mol. The maximum absolute atomic E-state index is 9.56. The van der Waals surface area contributed by atoms with Crippen molar-refractivity contribution in [2.24, 2.45) is 0 Å². The van der Waals surface area contributed by atoms with Crippen LogP contribution in [-0.4, -0.2) is 25.0 Å². The number of nitrogens with one attached hydrogen (secondary N) is 1. The molecule has 0 aromatic carbocycles. The molecule has 3 rings (SSSR count). The highest BCUT2D eigenvalue weighted by Crippen LogP contribution is 2.24. The molecule has 21 heavy (non-hydrogen) atoms. The molecule has 0 radical (unpaired) electrons. The van der Waals surface area contributed by atoms with E-state index in [0.717, 1.165) is 41.9 Å². The smallest absolute Gasteiger partial charge is 0.178 e. The largest absolute Gasteiger partial charge is 0.390 e. The van der Waals surface area contributed by atoms with E-state index in [1.165, 1.54) is 0 Å². The van der Waals surface area contributed by atoms with Gasteiger partial charge in [-0.25, -0.2) is 9.97 Å². The number of nitrogens with zero attached hydrogens (tertiary/aromatic N) is 3. The second kappa shape index (κ2) is 6.01. The Balaban J connectivity index is 2.07. The van der Waals surface area contributed by atoms with Gasteiger partial charge in [0.2, 0.25) is 0 Å². The van der Waals surface area contributed by atoms with Gasteiger partial charge in [0.1, 0.15) is 5.82 Å². The fourth-order valence-corrected chi connectivity index (χ4v) is 2.36. The minimum Gasteiger partial charge on any atom is -0.390 e. The first-order valence-corrected chi connectivity index (χ1v) is 7.22. The molecule has 0 aliphatic rings. The molecule has 3 aromatic heterocycles. The molecule has 0 saturated carbocycles. The lowest BCUT2D eigenvalue weighted by molar-refractivity contribution is 0.278. The standard InChI is InChI=1S/C16H18N4O/c1-2-3-7-15-18-13-9-11(12-6-4-5-8-17-12)14(10-21)19-16(13)20-15/h4-6,8-9,21H,2-3,7,10H2,1H3,(H,18,19,20).